The summed E-state index contributed by atoms with van der Waals surface area (Å²) < 4.78 is 24.8. The first-order valence-electron chi connectivity index (χ1n) is 28.9. The van der Waals surface area contributed by atoms with Gasteiger partial charge in [-0.05, 0) is 184 Å². The van der Waals surface area contributed by atoms with Crippen LogP contribution in [-0.4, -0.2) is 103 Å². The molecule has 6 heterocycles. The number of hydrogen-bond donors (Lipinski definition) is 4. The average molecular weight is 1050 g/mol. The second kappa shape index (κ2) is 21.8. The van der Waals surface area contributed by atoms with Crippen LogP contribution in [0.4, 0.5) is 0 Å². The molecule has 0 amide bonds. The van der Waals surface area contributed by atoms with Gasteiger partial charge in [0, 0.05) is 120 Å². The normalized spacial score (nSPS) is 32.0. The lowest BCUT2D eigenvalue weighted by molar-refractivity contribution is -0.161. The van der Waals surface area contributed by atoms with Crippen molar-refractivity contribution in [3.05, 3.63) is 65.2 Å². The third-order valence-electron chi connectivity index (χ3n) is 17.3. The molecule has 4 aliphatic heterocycles. The molecule has 14 heteroatoms. The van der Waals surface area contributed by atoms with E-state index in [4.69, 9.17) is 23.9 Å². The van der Waals surface area contributed by atoms with Crippen molar-refractivity contribution in [1.82, 2.24) is 31.2 Å². The minimum atomic E-state index is -0.397. The number of carbonyl (C=O) groups excluding carboxylic acids is 4. The zero-order valence-electron chi connectivity index (χ0n) is 48.8. The van der Waals surface area contributed by atoms with Gasteiger partial charge in [0.1, 0.15) is 30.1 Å². The molecular weight excluding hydrogens is 957 g/mol. The summed E-state index contributed by atoms with van der Waals surface area (Å²) in [5, 5.41) is 15.2. The highest BCUT2D eigenvalue weighted by atomic mass is 16.6. The van der Waals surface area contributed by atoms with Crippen LogP contribution in [0.25, 0.3) is 5.57 Å². The molecule has 0 radical (unpaired) electrons. The van der Waals surface area contributed by atoms with Gasteiger partial charge in [-0.1, -0.05) is 12.1 Å². The number of rotatable bonds is 13. The van der Waals surface area contributed by atoms with E-state index in [2.05, 4.69) is 129 Å². The molecule has 5 unspecified atom stereocenters. The molecule has 5 atom stereocenters. The first-order chi connectivity index (χ1) is 35.2. The second-order valence-corrected chi connectivity index (χ2v) is 28.9. The van der Waals surface area contributed by atoms with E-state index < -0.39 is 5.97 Å². The highest BCUT2D eigenvalue weighted by Crippen LogP contribution is 2.42. The Kier molecular flexibility index (Phi) is 16.6. The Labute approximate surface area is 454 Å². The fraction of sp³-hybridized carbons (Fsp3) is 0.742. The molecule has 2 aliphatic carbocycles. The van der Waals surface area contributed by atoms with Crippen LogP contribution in [0.1, 0.15) is 244 Å². The number of pyridine rings is 2. The van der Waals surface area contributed by atoms with Crippen LogP contribution in [-0.2, 0) is 28.5 Å². The maximum Gasteiger partial charge on any atom is 0.357 e. The Morgan fingerprint density at radius 3 is 1.38 bits per heavy atom. The van der Waals surface area contributed by atoms with Crippen LogP contribution < -0.4 is 21.3 Å². The monoisotopic (exact) mass is 1050 g/mol. The molecule has 6 aliphatic rings. The van der Waals surface area contributed by atoms with Gasteiger partial charge >= 0.3 is 23.9 Å². The summed E-state index contributed by atoms with van der Waals surface area (Å²) in [6.07, 6.45) is 17.6. The van der Waals surface area contributed by atoms with Crippen molar-refractivity contribution in [2.24, 2.45) is 11.8 Å². The van der Waals surface area contributed by atoms with E-state index in [-0.39, 0.29) is 104 Å². The lowest BCUT2D eigenvalue weighted by Gasteiger charge is -2.51. The van der Waals surface area contributed by atoms with Gasteiger partial charge in [-0.2, -0.15) is 0 Å². The van der Waals surface area contributed by atoms with Gasteiger partial charge in [-0.15, -0.1) is 0 Å². The topological polar surface area (TPSA) is 179 Å². The number of allylic oxidation sites excluding steroid dienone is 2. The summed E-state index contributed by atoms with van der Waals surface area (Å²) in [5.41, 5.74) is 2.27. The molecule has 0 spiro atoms. The van der Waals surface area contributed by atoms with Crippen LogP contribution in [0.3, 0.4) is 0 Å². The zero-order chi connectivity index (χ0) is 55.3. The number of nitrogens with zero attached hydrogens (tertiary/aromatic N) is 2. The molecule has 2 aromatic rings. The molecule has 8 rings (SSSR count). The molecule has 1 saturated carbocycles. The SMILES string of the molecule is CC1(C)CC(OC(=O)c2ccc(C3CCC(C(=O)OC4CC(C)(C)NC(C)(CCC5(C)CC(OC(=O)C6CC=C(c7ccc(C(=O)OC8CC(C)(C)NC(C)(C)C8)nc7)CC6)CC(C)(C)N5)C4)CC3)nc2)CC(C)(C)N1. The Morgan fingerprint density at radius 2 is 0.947 bits per heavy atom. The molecule has 420 valence electrons. The van der Waals surface area contributed by atoms with Crippen LogP contribution in [0.2, 0.25) is 0 Å². The standard InChI is InChI=1S/C62H94N6O8/c1-55(2)29-45(30-56(3,4)65-55)73-53(71)44-24-25-49(63-38-44)40-17-21-42(22-18-40)52(70)75-48-34-60(11,12)68-62(14,36-48)28-27-61(13)35-47(33-59(9,10)67-61)74-51(69)41-19-15-39(16-20-41)43-23-26-50(64-37-43)54(72)76-46-31-57(5,6)66-58(7,8)32-46/h15,23-26,37-38,40-42,45-48,65-68H,16-22,27-36H2,1-14H3. The Balaban J connectivity index is 0.787. The highest BCUT2D eigenvalue weighted by Gasteiger charge is 2.48. The van der Waals surface area contributed by atoms with Gasteiger partial charge in [0.2, 0.25) is 0 Å². The van der Waals surface area contributed by atoms with Crippen molar-refractivity contribution in [2.45, 2.75) is 281 Å². The van der Waals surface area contributed by atoms with E-state index >= 15 is 0 Å². The number of esters is 4. The van der Waals surface area contributed by atoms with Crippen molar-refractivity contribution in [3.8, 4) is 0 Å². The van der Waals surface area contributed by atoms with Gasteiger partial charge in [-0.3, -0.25) is 14.6 Å². The molecule has 5 fully saturated rings. The predicted octanol–water partition coefficient (Wildman–Crippen LogP) is 11.0. The summed E-state index contributed by atoms with van der Waals surface area (Å²) >= 11 is 0. The average Bonchev–Trinajstić information content (AvgIpc) is 3.28. The number of nitrogens with one attached hydrogen (secondary N) is 4. The molecule has 0 bridgehead atoms. The van der Waals surface area contributed by atoms with Crippen molar-refractivity contribution >= 4 is 29.5 Å². The minimum Gasteiger partial charge on any atom is -0.462 e. The molecule has 0 aromatic carbocycles. The van der Waals surface area contributed by atoms with Gasteiger partial charge in [0.05, 0.1) is 17.4 Å². The quantitative estimate of drug-likeness (QED) is 0.110. The number of carbonyl (C=O) groups is 4. The summed E-state index contributed by atoms with van der Waals surface area (Å²) in [6.45, 7) is 30.5. The fourth-order valence-electron chi connectivity index (χ4n) is 15.2. The summed E-state index contributed by atoms with van der Waals surface area (Å²) in [5.74, 6) is -1.09. The molecule has 2 aromatic heterocycles. The fourth-order valence-corrected chi connectivity index (χ4v) is 15.2. The van der Waals surface area contributed by atoms with E-state index in [0.717, 1.165) is 107 Å². The van der Waals surface area contributed by atoms with Crippen LogP contribution in [0.15, 0.2) is 42.7 Å². The third kappa shape index (κ3) is 15.3. The lowest BCUT2D eigenvalue weighted by atomic mass is 9.72. The van der Waals surface area contributed by atoms with Crippen molar-refractivity contribution in [2.75, 3.05) is 0 Å². The lowest BCUT2D eigenvalue weighted by Crippen LogP contribution is -2.64. The Morgan fingerprint density at radius 1 is 0.487 bits per heavy atom. The van der Waals surface area contributed by atoms with E-state index in [1.807, 2.05) is 18.2 Å². The van der Waals surface area contributed by atoms with Gasteiger partial charge < -0.3 is 40.2 Å². The first-order valence-corrected chi connectivity index (χ1v) is 28.9. The number of aromatic nitrogens is 2. The van der Waals surface area contributed by atoms with Crippen LogP contribution in [0, 0.1) is 11.8 Å². The molecule has 4 N–H and O–H groups in total. The van der Waals surface area contributed by atoms with Crippen molar-refractivity contribution in [1.29, 1.82) is 0 Å². The van der Waals surface area contributed by atoms with Gasteiger partial charge in [0.15, 0.2) is 0 Å². The maximum atomic E-state index is 13.9. The maximum absolute atomic E-state index is 13.9. The second-order valence-electron chi connectivity index (χ2n) is 28.9. The molecule has 76 heavy (non-hydrogen) atoms. The minimum absolute atomic E-state index is 0.0953. The summed E-state index contributed by atoms with van der Waals surface area (Å²) in [4.78, 5) is 63.2. The van der Waals surface area contributed by atoms with E-state index in [9.17, 15) is 19.2 Å². The van der Waals surface area contributed by atoms with E-state index in [1.165, 1.54) is 0 Å². The zero-order valence-corrected chi connectivity index (χ0v) is 48.8. The van der Waals surface area contributed by atoms with Crippen LogP contribution in [0.5, 0.6) is 0 Å². The number of hydrogen-bond acceptors (Lipinski definition) is 14. The molecular formula is C62H94N6O8. The Bertz CT molecular complexity index is 2420. The van der Waals surface area contributed by atoms with Gasteiger partial charge in [0.25, 0.3) is 0 Å². The largest absolute Gasteiger partial charge is 0.462 e. The summed E-state index contributed by atoms with van der Waals surface area (Å²) in [7, 11) is 0. The highest BCUT2D eigenvalue weighted by molar-refractivity contribution is 5.89. The third-order valence-corrected chi connectivity index (χ3v) is 17.3. The van der Waals surface area contributed by atoms with Crippen LogP contribution >= 0.6 is 0 Å². The predicted molar refractivity (Wildman–Crippen MR) is 297 cm³/mol. The Hall–Kier alpha value is -4.24. The van der Waals surface area contributed by atoms with E-state index in [1.54, 1.807) is 18.5 Å². The molecule has 14 nitrogen and oxygen atoms in total. The van der Waals surface area contributed by atoms with Crippen molar-refractivity contribution in [3.63, 3.8) is 0 Å². The number of ether oxygens (including phenoxy) is 4. The van der Waals surface area contributed by atoms with E-state index in [0.29, 0.717) is 30.5 Å². The first kappa shape index (κ1) is 57.9. The number of piperidine rings is 4. The smallest absolute Gasteiger partial charge is 0.357 e. The molecule has 4 saturated heterocycles. The van der Waals surface area contributed by atoms with Crippen molar-refractivity contribution < 1.29 is 38.1 Å². The van der Waals surface area contributed by atoms with Gasteiger partial charge in [-0.25, -0.2) is 14.6 Å². The summed E-state index contributed by atoms with van der Waals surface area (Å²) in [6, 6.07) is 7.47.